The van der Waals surface area contributed by atoms with Gasteiger partial charge in [-0.1, -0.05) is 30.3 Å². The Hall–Kier alpha value is -2.00. The van der Waals surface area contributed by atoms with Crippen molar-refractivity contribution in [3.8, 4) is 0 Å². The maximum absolute atomic E-state index is 6.09. The van der Waals surface area contributed by atoms with Crippen molar-refractivity contribution in [3.05, 3.63) is 59.7 Å². The lowest BCUT2D eigenvalue weighted by Crippen LogP contribution is -2.32. The third-order valence-electron chi connectivity index (χ3n) is 4.32. The molecular weight excluding hydrogens is 258 g/mol. The van der Waals surface area contributed by atoms with Crippen molar-refractivity contribution in [1.82, 2.24) is 0 Å². The summed E-state index contributed by atoms with van der Waals surface area (Å²) in [7, 11) is 4.12. The maximum atomic E-state index is 6.09. The Balaban J connectivity index is 1.89. The summed E-state index contributed by atoms with van der Waals surface area (Å²) >= 11 is 0. The monoisotopic (exact) mass is 281 g/mol. The normalized spacial score (nSPS) is 14.9. The van der Waals surface area contributed by atoms with Crippen LogP contribution in [0.25, 0.3) is 0 Å². The zero-order valence-corrected chi connectivity index (χ0v) is 12.8. The Kier molecular flexibility index (Phi) is 3.84. The summed E-state index contributed by atoms with van der Waals surface area (Å²) in [5.41, 5.74) is 11.4. The van der Waals surface area contributed by atoms with E-state index in [1.165, 1.54) is 22.5 Å². The van der Waals surface area contributed by atoms with Crippen molar-refractivity contribution in [2.45, 2.75) is 12.5 Å². The van der Waals surface area contributed by atoms with Gasteiger partial charge in [0.25, 0.3) is 0 Å². The summed E-state index contributed by atoms with van der Waals surface area (Å²) in [6, 6.07) is 17.6. The number of rotatable bonds is 4. The van der Waals surface area contributed by atoms with E-state index < -0.39 is 0 Å². The van der Waals surface area contributed by atoms with Crippen LogP contribution >= 0.6 is 0 Å². The zero-order valence-electron chi connectivity index (χ0n) is 12.8. The highest BCUT2D eigenvalue weighted by Gasteiger charge is 2.25. The Morgan fingerprint density at radius 2 is 1.81 bits per heavy atom. The minimum absolute atomic E-state index is 0.255. The smallest absolute Gasteiger partial charge is 0.0665 e. The molecule has 0 aliphatic carbocycles. The van der Waals surface area contributed by atoms with E-state index in [4.69, 9.17) is 5.73 Å². The van der Waals surface area contributed by atoms with E-state index >= 15 is 0 Å². The molecule has 0 unspecified atom stereocenters. The van der Waals surface area contributed by atoms with Crippen molar-refractivity contribution in [1.29, 1.82) is 0 Å². The lowest BCUT2D eigenvalue weighted by atomic mass is 10.0. The Bertz CT molecular complexity index is 604. The zero-order chi connectivity index (χ0) is 14.8. The van der Waals surface area contributed by atoms with Gasteiger partial charge < -0.3 is 15.5 Å². The molecule has 2 aromatic carbocycles. The van der Waals surface area contributed by atoms with Crippen LogP contribution in [0.5, 0.6) is 0 Å². The number of hydrogen-bond acceptors (Lipinski definition) is 3. The average molecular weight is 281 g/mol. The largest absolute Gasteiger partial charge is 0.378 e. The molecule has 0 saturated heterocycles. The molecular formula is C18H23N3. The van der Waals surface area contributed by atoms with Crippen molar-refractivity contribution in [3.63, 3.8) is 0 Å². The van der Waals surface area contributed by atoms with Crippen LogP contribution in [-0.4, -0.2) is 27.2 Å². The van der Waals surface area contributed by atoms with Gasteiger partial charge >= 0.3 is 0 Å². The molecule has 2 N–H and O–H groups in total. The first kappa shape index (κ1) is 14.0. The molecule has 0 aromatic heterocycles. The minimum Gasteiger partial charge on any atom is -0.378 e. The fraction of sp³-hybridized carbons (Fsp3) is 0.333. The minimum atomic E-state index is 0.255. The molecule has 0 amide bonds. The molecule has 21 heavy (non-hydrogen) atoms. The summed E-state index contributed by atoms with van der Waals surface area (Å²) in [5.74, 6) is 0. The highest BCUT2D eigenvalue weighted by molar-refractivity contribution is 5.60. The SMILES string of the molecule is CN(C)c1ccc([C@H](CN)N2CCc3ccccc32)cc1. The topological polar surface area (TPSA) is 32.5 Å². The van der Waals surface area contributed by atoms with Crippen LogP contribution < -0.4 is 15.5 Å². The van der Waals surface area contributed by atoms with Gasteiger partial charge in [0.05, 0.1) is 6.04 Å². The third-order valence-corrected chi connectivity index (χ3v) is 4.32. The van der Waals surface area contributed by atoms with E-state index in [1.54, 1.807) is 0 Å². The molecule has 0 bridgehead atoms. The quantitative estimate of drug-likeness (QED) is 0.935. The van der Waals surface area contributed by atoms with Gasteiger partial charge in [-0.2, -0.15) is 0 Å². The predicted octanol–water partition coefficient (Wildman–Crippen LogP) is 2.82. The lowest BCUT2D eigenvalue weighted by Gasteiger charge is -2.30. The molecule has 2 aromatic rings. The Morgan fingerprint density at radius 3 is 2.48 bits per heavy atom. The van der Waals surface area contributed by atoms with Gasteiger partial charge in [0, 0.05) is 38.6 Å². The predicted molar refractivity (Wildman–Crippen MR) is 90.1 cm³/mol. The number of para-hydroxylation sites is 1. The van der Waals surface area contributed by atoms with E-state index in [2.05, 4.69) is 72.4 Å². The number of benzene rings is 2. The van der Waals surface area contributed by atoms with Crippen LogP contribution in [0.15, 0.2) is 48.5 Å². The highest BCUT2D eigenvalue weighted by atomic mass is 15.2. The van der Waals surface area contributed by atoms with E-state index in [-0.39, 0.29) is 6.04 Å². The van der Waals surface area contributed by atoms with E-state index in [1.807, 2.05) is 0 Å². The molecule has 0 radical (unpaired) electrons. The Labute approximate surface area is 127 Å². The van der Waals surface area contributed by atoms with Gasteiger partial charge in [0.1, 0.15) is 0 Å². The lowest BCUT2D eigenvalue weighted by molar-refractivity contribution is 0.649. The molecule has 1 heterocycles. The van der Waals surface area contributed by atoms with Gasteiger partial charge in [-0.15, -0.1) is 0 Å². The number of nitrogens with two attached hydrogens (primary N) is 1. The van der Waals surface area contributed by atoms with Crippen molar-refractivity contribution in [2.24, 2.45) is 5.73 Å². The summed E-state index contributed by atoms with van der Waals surface area (Å²) in [5, 5.41) is 0. The number of anilines is 2. The molecule has 3 heteroatoms. The summed E-state index contributed by atoms with van der Waals surface area (Å²) in [6.45, 7) is 1.69. The maximum Gasteiger partial charge on any atom is 0.0665 e. The van der Waals surface area contributed by atoms with Crippen LogP contribution in [0.4, 0.5) is 11.4 Å². The van der Waals surface area contributed by atoms with Crippen LogP contribution in [0.2, 0.25) is 0 Å². The molecule has 3 rings (SSSR count). The summed E-state index contributed by atoms with van der Waals surface area (Å²) in [4.78, 5) is 4.56. The van der Waals surface area contributed by atoms with Gasteiger partial charge in [-0.3, -0.25) is 0 Å². The standard InChI is InChI=1S/C18H23N3/c1-20(2)16-9-7-15(8-10-16)18(13-19)21-12-11-14-5-3-4-6-17(14)21/h3-10,18H,11-13,19H2,1-2H3/t18-/m0/s1. The van der Waals surface area contributed by atoms with Crippen LogP contribution in [0.3, 0.4) is 0 Å². The first-order valence-electron chi connectivity index (χ1n) is 7.52. The third kappa shape index (κ3) is 2.61. The van der Waals surface area contributed by atoms with Gasteiger partial charge in [-0.05, 0) is 35.7 Å². The number of nitrogens with zero attached hydrogens (tertiary/aromatic N) is 2. The molecule has 110 valence electrons. The highest BCUT2D eigenvalue weighted by Crippen LogP contribution is 2.34. The first-order valence-corrected chi connectivity index (χ1v) is 7.52. The second-order valence-corrected chi connectivity index (χ2v) is 5.81. The van der Waals surface area contributed by atoms with Gasteiger partial charge in [0.15, 0.2) is 0 Å². The second kappa shape index (κ2) is 5.78. The average Bonchev–Trinajstić information content (AvgIpc) is 2.93. The van der Waals surface area contributed by atoms with Gasteiger partial charge in [-0.25, -0.2) is 0 Å². The molecule has 3 nitrogen and oxygen atoms in total. The van der Waals surface area contributed by atoms with Crippen LogP contribution in [0.1, 0.15) is 17.2 Å². The summed E-state index contributed by atoms with van der Waals surface area (Å²) in [6.07, 6.45) is 1.11. The summed E-state index contributed by atoms with van der Waals surface area (Å²) < 4.78 is 0. The second-order valence-electron chi connectivity index (χ2n) is 5.81. The van der Waals surface area contributed by atoms with E-state index in [0.717, 1.165) is 13.0 Å². The molecule has 0 fully saturated rings. The van der Waals surface area contributed by atoms with Crippen molar-refractivity contribution < 1.29 is 0 Å². The van der Waals surface area contributed by atoms with Crippen molar-refractivity contribution in [2.75, 3.05) is 37.0 Å². The van der Waals surface area contributed by atoms with Gasteiger partial charge in [0.2, 0.25) is 0 Å². The van der Waals surface area contributed by atoms with Crippen molar-refractivity contribution >= 4 is 11.4 Å². The van der Waals surface area contributed by atoms with E-state index in [0.29, 0.717) is 6.54 Å². The Morgan fingerprint density at radius 1 is 1.10 bits per heavy atom. The molecule has 1 aliphatic rings. The molecule has 1 atom stereocenters. The number of hydrogen-bond donors (Lipinski definition) is 1. The fourth-order valence-electron chi connectivity index (χ4n) is 3.13. The number of fused-ring (bicyclic) bond motifs is 1. The molecule has 0 saturated carbocycles. The fourth-order valence-corrected chi connectivity index (χ4v) is 3.13. The van der Waals surface area contributed by atoms with E-state index in [9.17, 15) is 0 Å². The van der Waals surface area contributed by atoms with Crippen LogP contribution in [0, 0.1) is 0 Å². The first-order chi connectivity index (χ1) is 10.2. The molecule has 0 spiro atoms. The molecule has 1 aliphatic heterocycles. The van der Waals surface area contributed by atoms with Crippen LogP contribution in [-0.2, 0) is 6.42 Å².